The molecule has 0 aromatic heterocycles. The summed E-state index contributed by atoms with van der Waals surface area (Å²) >= 11 is 0. The van der Waals surface area contributed by atoms with Crippen molar-refractivity contribution in [2.45, 2.75) is 38.6 Å². The summed E-state index contributed by atoms with van der Waals surface area (Å²) in [6, 6.07) is 0. The van der Waals surface area contributed by atoms with Gasteiger partial charge >= 0.3 is 17.9 Å². The van der Waals surface area contributed by atoms with Gasteiger partial charge in [0.05, 0.1) is 0 Å². The lowest BCUT2D eigenvalue weighted by Gasteiger charge is -2.25. The molecule has 6 heteroatoms. The Morgan fingerprint density at radius 1 is 1.12 bits per heavy atom. The highest BCUT2D eigenvalue weighted by atomic mass is 16.9. The molecule has 0 aliphatic rings. The summed E-state index contributed by atoms with van der Waals surface area (Å²) in [5.74, 6) is -2.72. The van der Waals surface area contributed by atoms with Crippen LogP contribution in [0.25, 0.3) is 0 Å². The van der Waals surface area contributed by atoms with E-state index in [4.69, 9.17) is 19.3 Å². The van der Waals surface area contributed by atoms with Crippen LogP contribution in [0, 0.1) is 0 Å². The Hall–Kier alpha value is -1.14. The van der Waals surface area contributed by atoms with Crippen LogP contribution in [0.1, 0.15) is 32.6 Å². The zero-order chi connectivity index (χ0) is 12.6. The third-order valence-corrected chi connectivity index (χ3v) is 2.06. The number of methoxy groups -OCH3 is 2. The third-order valence-electron chi connectivity index (χ3n) is 2.06. The molecule has 0 atom stereocenters. The van der Waals surface area contributed by atoms with E-state index in [2.05, 4.69) is 0 Å². The van der Waals surface area contributed by atoms with E-state index in [0.29, 0.717) is 12.8 Å². The molecule has 0 aromatic carbocycles. The van der Waals surface area contributed by atoms with Crippen molar-refractivity contribution in [2.75, 3.05) is 14.2 Å². The van der Waals surface area contributed by atoms with E-state index in [1.165, 1.54) is 21.1 Å². The zero-order valence-electron chi connectivity index (χ0n) is 9.82. The molecule has 0 amide bonds. The monoisotopic (exact) mass is 234 g/mol. The summed E-state index contributed by atoms with van der Waals surface area (Å²) in [6.07, 6.45) is 1.12. The summed E-state index contributed by atoms with van der Waals surface area (Å²) in [6.45, 7) is 1.47. The second kappa shape index (κ2) is 7.19. The average molecular weight is 234 g/mol. The number of esters is 1. The fourth-order valence-corrected chi connectivity index (χ4v) is 0.970. The van der Waals surface area contributed by atoms with Gasteiger partial charge in [-0.15, -0.1) is 0 Å². The van der Waals surface area contributed by atoms with Crippen molar-refractivity contribution in [3.63, 3.8) is 0 Å². The molecule has 16 heavy (non-hydrogen) atoms. The van der Waals surface area contributed by atoms with Crippen LogP contribution < -0.4 is 0 Å². The predicted octanol–water partition coefficient (Wildman–Crippen LogP) is 1.14. The molecule has 0 unspecified atom stereocenters. The van der Waals surface area contributed by atoms with Crippen molar-refractivity contribution in [2.24, 2.45) is 0 Å². The van der Waals surface area contributed by atoms with Gasteiger partial charge in [-0.3, -0.25) is 9.59 Å². The van der Waals surface area contributed by atoms with E-state index < -0.39 is 17.9 Å². The lowest BCUT2D eigenvalue weighted by molar-refractivity contribution is -0.332. The minimum Gasteiger partial charge on any atom is -0.481 e. The van der Waals surface area contributed by atoms with Gasteiger partial charge in [-0.05, 0) is 12.8 Å². The van der Waals surface area contributed by atoms with E-state index in [1.807, 2.05) is 0 Å². The molecule has 0 saturated carbocycles. The number of hydrogen-bond donors (Lipinski definition) is 1. The molecule has 0 radical (unpaired) electrons. The minimum atomic E-state index is -1.37. The Bertz CT molecular complexity index is 233. The normalized spacial score (nSPS) is 11.2. The Morgan fingerprint density at radius 2 is 1.62 bits per heavy atom. The lowest BCUT2D eigenvalue weighted by atomic mass is 10.2. The summed E-state index contributed by atoms with van der Waals surface area (Å²) in [7, 11) is 2.72. The van der Waals surface area contributed by atoms with Gasteiger partial charge < -0.3 is 19.3 Å². The van der Waals surface area contributed by atoms with Crippen LogP contribution in [-0.2, 0) is 23.8 Å². The quantitative estimate of drug-likeness (QED) is 0.385. The van der Waals surface area contributed by atoms with Crippen molar-refractivity contribution in [3.8, 4) is 0 Å². The molecule has 0 aliphatic heterocycles. The van der Waals surface area contributed by atoms with Crippen LogP contribution in [0.3, 0.4) is 0 Å². The molecule has 0 heterocycles. The van der Waals surface area contributed by atoms with Crippen LogP contribution in [0.2, 0.25) is 0 Å². The van der Waals surface area contributed by atoms with E-state index in [0.717, 1.165) is 0 Å². The Morgan fingerprint density at radius 3 is 2.06 bits per heavy atom. The zero-order valence-corrected chi connectivity index (χ0v) is 9.82. The molecule has 0 rings (SSSR count). The standard InChI is InChI=1S/C10H18O6/c1-10(14-2,15-3)16-9(13)7-5-4-6-8(11)12/h4-7H2,1-3H3,(H,11,12). The molecule has 0 bridgehead atoms. The van der Waals surface area contributed by atoms with Crippen molar-refractivity contribution < 1.29 is 28.9 Å². The maximum absolute atomic E-state index is 11.3. The summed E-state index contributed by atoms with van der Waals surface area (Å²) in [4.78, 5) is 21.5. The van der Waals surface area contributed by atoms with Crippen LogP contribution in [0.5, 0.6) is 0 Å². The lowest BCUT2D eigenvalue weighted by Crippen LogP contribution is -2.35. The smallest absolute Gasteiger partial charge is 0.325 e. The molecule has 0 fully saturated rings. The van der Waals surface area contributed by atoms with Crippen LogP contribution in [-0.4, -0.2) is 37.2 Å². The molecule has 0 aromatic rings. The first kappa shape index (κ1) is 14.9. The number of unbranched alkanes of at least 4 members (excludes halogenated alkanes) is 1. The highest BCUT2D eigenvalue weighted by Gasteiger charge is 2.27. The topological polar surface area (TPSA) is 82.1 Å². The van der Waals surface area contributed by atoms with Gasteiger partial charge in [0.2, 0.25) is 0 Å². The SMILES string of the molecule is COC(C)(OC)OC(=O)CCCCC(=O)O. The fraction of sp³-hybridized carbons (Fsp3) is 0.800. The number of carboxylic acid groups (broad SMARTS) is 1. The Labute approximate surface area is 94.5 Å². The van der Waals surface area contributed by atoms with Gasteiger partial charge in [-0.2, -0.15) is 0 Å². The molecule has 0 spiro atoms. The Balaban J connectivity index is 3.77. The van der Waals surface area contributed by atoms with Crippen LogP contribution in [0.15, 0.2) is 0 Å². The van der Waals surface area contributed by atoms with Gasteiger partial charge in [0.15, 0.2) is 0 Å². The van der Waals surface area contributed by atoms with Gasteiger partial charge in [-0.1, -0.05) is 0 Å². The minimum absolute atomic E-state index is 0.0547. The van der Waals surface area contributed by atoms with E-state index in [-0.39, 0.29) is 12.8 Å². The first-order valence-corrected chi connectivity index (χ1v) is 4.97. The number of hydrogen-bond acceptors (Lipinski definition) is 5. The Kier molecular flexibility index (Phi) is 6.67. The summed E-state index contributed by atoms with van der Waals surface area (Å²) in [5.41, 5.74) is 0. The van der Waals surface area contributed by atoms with E-state index >= 15 is 0 Å². The first-order valence-electron chi connectivity index (χ1n) is 4.97. The van der Waals surface area contributed by atoms with Gasteiger partial charge in [0, 0.05) is 34.0 Å². The third kappa shape index (κ3) is 6.36. The van der Waals surface area contributed by atoms with Gasteiger partial charge in [0.1, 0.15) is 0 Å². The largest absolute Gasteiger partial charge is 0.481 e. The number of aliphatic carboxylic acids is 1. The molecule has 94 valence electrons. The average Bonchev–Trinajstić information content (AvgIpc) is 2.24. The maximum atomic E-state index is 11.3. The number of carbonyl (C=O) groups excluding carboxylic acids is 1. The molecule has 6 nitrogen and oxygen atoms in total. The van der Waals surface area contributed by atoms with Gasteiger partial charge in [0.25, 0.3) is 0 Å². The van der Waals surface area contributed by atoms with Crippen molar-refractivity contribution >= 4 is 11.9 Å². The number of carboxylic acids is 1. The van der Waals surface area contributed by atoms with E-state index in [9.17, 15) is 9.59 Å². The van der Waals surface area contributed by atoms with Crippen molar-refractivity contribution in [1.82, 2.24) is 0 Å². The highest BCUT2D eigenvalue weighted by Crippen LogP contribution is 2.14. The number of rotatable bonds is 8. The van der Waals surface area contributed by atoms with Crippen LogP contribution >= 0.6 is 0 Å². The molecular formula is C10H18O6. The maximum Gasteiger partial charge on any atom is 0.325 e. The van der Waals surface area contributed by atoms with Crippen LogP contribution in [0.4, 0.5) is 0 Å². The fourth-order valence-electron chi connectivity index (χ4n) is 0.970. The van der Waals surface area contributed by atoms with Crippen molar-refractivity contribution in [3.05, 3.63) is 0 Å². The van der Waals surface area contributed by atoms with Crippen molar-refractivity contribution in [1.29, 1.82) is 0 Å². The second-order valence-corrected chi connectivity index (χ2v) is 3.35. The molecule has 0 aliphatic carbocycles. The predicted molar refractivity (Wildman–Crippen MR) is 54.6 cm³/mol. The highest BCUT2D eigenvalue weighted by molar-refractivity contribution is 5.70. The summed E-state index contributed by atoms with van der Waals surface area (Å²) < 4.78 is 14.6. The summed E-state index contributed by atoms with van der Waals surface area (Å²) in [5, 5.41) is 8.39. The van der Waals surface area contributed by atoms with Gasteiger partial charge in [-0.25, -0.2) is 0 Å². The first-order chi connectivity index (χ1) is 7.43. The second-order valence-electron chi connectivity index (χ2n) is 3.35. The van der Waals surface area contributed by atoms with E-state index in [1.54, 1.807) is 0 Å². The molecular weight excluding hydrogens is 216 g/mol. The molecule has 1 N–H and O–H groups in total. The molecule has 0 saturated heterocycles. The number of carbonyl (C=O) groups is 2. The number of ether oxygens (including phenoxy) is 3.